The standard InChI is InChI=1S/C19H19NO/c1-3-14-8-10-16(11-9-14)19(2,21)17-12-15-6-4-5-7-18(15)20-13-17/h4-13,21H,3H2,1-2H3. The van der Waals surface area contributed by atoms with Gasteiger partial charge in [-0.3, -0.25) is 4.98 Å². The molecule has 1 unspecified atom stereocenters. The Hall–Kier alpha value is -2.19. The van der Waals surface area contributed by atoms with Gasteiger partial charge in [0, 0.05) is 17.1 Å². The minimum Gasteiger partial charge on any atom is -0.381 e. The molecule has 2 heteroatoms. The van der Waals surface area contributed by atoms with E-state index in [1.54, 1.807) is 6.20 Å². The fourth-order valence-corrected chi connectivity index (χ4v) is 2.57. The van der Waals surface area contributed by atoms with Gasteiger partial charge in [-0.05, 0) is 36.6 Å². The normalized spacial score (nSPS) is 14.0. The van der Waals surface area contributed by atoms with Crippen LogP contribution in [-0.2, 0) is 12.0 Å². The summed E-state index contributed by atoms with van der Waals surface area (Å²) >= 11 is 0. The number of aliphatic hydroxyl groups is 1. The summed E-state index contributed by atoms with van der Waals surface area (Å²) in [5.74, 6) is 0. The van der Waals surface area contributed by atoms with E-state index in [0.29, 0.717) is 0 Å². The molecule has 0 radical (unpaired) electrons. The summed E-state index contributed by atoms with van der Waals surface area (Å²) in [4.78, 5) is 4.45. The highest BCUT2D eigenvalue weighted by molar-refractivity contribution is 5.79. The zero-order chi connectivity index (χ0) is 14.9. The number of aryl methyl sites for hydroxylation is 1. The van der Waals surface area contributed by atoms with Crippen molar-refractivity contribution in [2.75, 3.05) is 0 Å². The molecule has 106 valence electrons. The Kier molecular flexibility index (Phi) is 3.48. The fraction of sp³-hybridized carbons (Fsp3) is 0.211. The van der Waals surface area contributed by atoms with Crippen LogP contribution in [0.5, 0.6) is 0 Å². The predicted molar refractivity (Wildman–Crippen MR) is 86.2 cm³/mol. The average Bonchev–Trinajstić information content (AvgIpc) is 2.54. The van der Waals surface area contributed by atoms with Gasteiger partial charge in [0.15, 0.2) is 0 Å². The van der Waals surface area contributed by atoms with Crippen LogP contribution in [-0.4, -0.2) is 10.1 Å². The summed E-state index contributed by atoms with van der Waals surface area (Å²) in [6, 6.07) is 18.1. The molecule has 0 amide bonds. The number of para-hydroxylation sites is 1. The molecule has 21 heavy (non-hydrogen) atoms. The monoisotopic (exact) mass is 277 g/mol. The third-order valence-electron chi connectivity index (χ3n) is 4.08. The van der Waals surface area contributed by atoms with Crippen molar-refractivity contribution in [2.45, 2.75) is 25.9 Å². The molecule has 2 aromatic carbocycles. The maximum absolute atomic E-state index is 10.9. The Bertz CT molecular complexity index is 760. The van der Waals surface area contributed by atoms with Gasteiger partial charge in [0.25, 0.3) is 0 Å². The van der Waals surface area contributed by atoms with Crippen LogP contribution in [0.3, 0.4) is 0 Å². The summed E-state index contributed by atoms with van der Waals surface area (Å²) in [7, 11) is 0. The van der Waals surface area contributed by atoms with E-state index in [4.69, 9.17) is 0 Å². The number of nitrogens with zero attached hydrogens (tertiary/aromatic N) is 1. The van der Waals surface area contributed by atoms with Crippen molar-refractivity contribution in [3.8, 4) is 0 Å². The van der Waals surface area contributed by atoms with Crippen LogP contribution in [0.15, 0.2) is 60.8 Å². The third-order valence-corrected chi connectivity index (χ3v) is 4.08. The molecule has 0 spiro atoms. The lowest BCUT2D eigenvalue weighted by atomic mass is 9.88. The molecule has 3 rings (SSSR count). The Labute approximate surface area is 125 Å². The molecule has 3 aromatic rings. The van der Waals surface area contributed by atoms with E-state index in [1.165, 1.54) is 5.56 Å². The molecular formula is C19H19NO. The summed E-state index contributed by atoms with van der Waals surface area (Å²) in [5.41, 5.74) is 2.87. The van der Waals surface area contributed by atoms with Gasteiger partial charge in [-0.2, -0.15) is 0 Å². The van der Waals surface area contributed by atoms with Gasteiger partial charge in [-0.1, -0.05) is 49.4 Å². The number of rotatable bonds is 3. The Balaban J connectivity index is 2.05. The summed E-state index contributed by atoms with van der Waals surface area (Å²) < 4.78 is 0. The SMILES string of the molecule is CCc1ccc(C(C)(O)c2cnc3ccccc3c2)cc1. The maximum atomic E-state index is 10.9. The zero-order valence-electron chi connectivity index (χ0n) is 12.4. The van der Waals surface area contributed by atoms with Crippen molar-refractivity contribution in [3.05, 3.63) is 77.5 Å². The molecule has 0 aliphatic heterocycles. The average molecular weight is 277 g/mol. The molecule has 0 fully saturated rings. The summed E-state index contributed by atoms with van der Waals surface area (Å²) in [6.07, 6.45) is 2.76. The number of aromatic nitrogens is 1. The first-order chi connectivity index (χ1) is 10.1. The first kappa shape index (κ1) is 13.8. The number of benzene rings is 2. The predicted octanol–water partition coefficient (Wildman–Crippen LogP) is 4.05. The largest absolute Gasteiger partial charge is 0.381 e. The highest BCUT2D eigenvalue weighted by Crippen LogP contribution is 2.30. The van der Waals surface area contributed by atoms with Crippen molar-refractivity contribution in [1.29, 1.82) is 0 Å². The fourth-order valence-electron chi connectivity index (χ4n) is 2.57. The first-order valence-electron chi connectivity index (χ1n) is 7.28. The number of hydrogen-bond acceptors (Lipinski definition) is 2. The molecule has 0 bridgehead atoms. The van der Waals surface area contributed by atoms with Crippen LogP contribution in [0, 0.1) is 0 Å². The molecule has 1 atom stereocenters. The highest BCUT2D eigenvalue weighted by atomic mass is 16.3. The second kappa shape index (κ2) is 5.30. The molecule has 0 saturated heterocycles. The van der Waals surface area contributed by atoms with Gasteiger partial charge in [-0.25, -0.2) is 0 Å². The van der Waals surface area contributed by atoms with E-state index < -0.39 is 5.60 Å². The maximum Gasteiger partial charge on any atom is 0.113 e. The molecule has 0 aliphatic rings. The number of fused-ring (bicyclic) bond motifs is 1. The third kappa shape index (κ3) is 2.55. The Morgan fingerprint density at radius 3 is 2.43 bits per heavy atom. The van der Waals surface area contributed by atoms with E-state index in [-0.39, 0.29) is 0 Å². The highest BCUT2D eigenvalue weighted by Gasteiger charge is 2.26. The van der Waals surface area contributed by atoms with Crippen molar-refractivity contribution in [3.63, 3.8) is 0 Å². The second-order valence-corrected chi connectivity index (χ2v) is 5.54. The number of hydrogen-bond donors (Lipinski definition) is 1. The van der Waals surface area contributed by atoms with Crippen molar-refractivity contribution >= 4 is 10.9 Å². The van der Waals surface area contributed by atoms with Crippen LogP contribution in [0.2, 0.25) is 0 Å². The quantitative estimate of drug-likeness (QED) is 0.783. The van der Waals surface area contributed by atoms with Crippen LogP contribution >= 0.6 is 0 Å². The summed E-state index contributed by atoms with van der Waals surface area (Å²) in [6.45, 7) is 3.94. The van der Waals surface area contributed by atoms with E-state index >= 15 is 0 Å². The Morgan fingerprint density at radius 1 is 1.00 bits per heavy atom. The minimum absolute atomic E-state index is 0.811. The van der Waals surface area contributed by atoms with Crippen LogP contribution in [0.25, 0.3) is 10.9 Å². The first-order valence-corrected chi connectivity index (χ1v) is 7.28. The van der Waals surface area contributed by atoms with Gasteiger partial charge in [0.1, 0.15) is 5.60 Å². The molecule has 0 aliphatic carbocycles. The smallest absolute Gasteiger partial charge is 0.113 e. The molecule has 1 N–H and O–H groups in total. The second-order valence-electron chi connectivity index (χ2n) is 5.54. The summed E-state index contributed by atoms with van der Waals surface area (Å²) in [5, 5.41) is 12.0. The Morgan fingerprint density at radius 2 is 1.71 bits per heavy atom. The number of pyridine rings is 1. The van der Waals surface area contributed by atoms with E-state index in [9.17, 15) is 5.11 Å². The van der Waals surface area contributed by atoms with Gasteiger partial charge in [-0.15, -0.1) is 0 Å². The van der Waals surface area contributed by atoms with Gasteiger partial charge < -0.3 is 5.11 Å². The van der Waals surface area contributed by atoms with E-state index in [1.807, 2.05) is 49.4 Å². The lowest BCUT2D eigenvalue weighted by Gasteiger charge is -2.24. The van der Waals surface area contributed by atoms with Gasteiger partial charge >= 0.3 is 0 Å². The molecule has 1 heterocycles. The topological polar surface area (TPSA) is 33.1 Å². The van der Waals surface area contributed by atoms with Crippen molar-refractivity contribution in [1.82, 2.24) is 4.98 Å². The lowest BCUT2D eigenvalue weighted by Crippen LogP contribution is -2.23. The van der Waals surface area contributed by atoms with Crippen LogP contribution in [0.4, 0.5) is 0 Å². The molecule has 2 nitrogen and oxygen atoms in total. The molecule has 0 saturated carbocycles. The van der Waals surface area contributed by atoms with Crippen molar-refractivity contribution < 1.29 is 5.11 Å². The van der Waals surface area contributed by atoms with Crippen LogP contribution < -0.4 is 0 Å². The lowest BCUT2D eigenvalue weighted by molar-refractivity contribution is 0.102. The van der Waals surface area contributed by atoms with E-state index in [0.717, 1.165) is 28.5 Å². The minimum atomic E-state index is -1.04. The van der Waals surface area contributed by atoms with E-state index in [2.05, 4.69) is 24.0 Å². The van der Waals surface area contributed by atoms with Crippen LogP contribution in [0.1, 0.15) is 30.5 Å². The zero-order valence-corrected chi connectivity index (χ0v) is 12.4. The van der Waals surface area contributed by atoms with Crippen molar-refractivity contribution in [2.24, 2.45) is 0 Å². The van der Waals surface area contributed by atoms with Gasteiger partial charge in [0.2, 0.25) is 0 Å². The molecule has 1 aromatic heterocycles. The van der Waals surface area contributed by atoms with Gasteiger partial charge in [0.05, 0.1) is 5.52 Å². The molecular weight excluding hydrogens is 258 g/mol.